The van der Waals surface area contributed by atoms with Crippen LogP contribution in [0.25, 0.3) is 0 Å². The number of hydrogen-bond donors (Lipinski definition) is 1. The lowest BCUT2D eigenvalue weighted by Gasteiger charge is -2.32. The van der Waals surface area contributed by atoms with E-state index in [1.54, 1.807) is 11.0 Å². The minimum Gasteiger partial charge on any atom is -0.438 e. The molecule has 1 N–H and O–H groups in total. The average Bonchev–Trinajstić information content (AvgIpc) is 3.01. The van der Waals surface area contributed by atoms with Crippen molar-refractivity contribution in [2.24, 2.45) is 0 Å². The summed E-state index contributed by atoms with van der Waals surface area (Å²) in [6, 6.07) is 1.79. The lowest BCUT2D eigenvalue weighted by atomic mass is 9.94. The fourth-order valence-corrected chi connectivity index (χ4v) is 2.51. The molecule has 20 heavy (non-hydrogen) atoms. The topological polar surface area (TPSA) is 92.1 Å². The molecular formula is C13H14N4O3. The van der Waals surface area contributed by atoms with Crippen LogP contribution in [0.3, 0.4) is 0 Å². The van der Waals surface area contributed by atoms with Crippen LogP contribution in [0.4, 0.5) is 0 Å². The molecule has 1 atom stereocenters. The first-order valence-corrected chi connectivity index (χ1v) is 6.47. The number of likely N-dealkylation sites (tertiary alicyclic amines) is 1. The summed E-state index contributed by atoms with van der Waals surface area (Å²) in [7, 11) is 0. The molecular weight excluding hydrogens is 260 g/mol. The van der Waals surface area contributed by atoms with E-state index < -0.39 is 0 Å². The van der Waals surface area contributed by atoms with Gasteiger partial charge in [0.15, 0.2) is 6.39 Å². The number of carbonyl (C=O) groups excluding carboxylic acids is 1. The Kier molecular flexibility index (Phi) is 3.32. The highest BCUT2D eigenvalue weighted by Gasteiger charge is 2.27. The van der Waals surface area contributed by atoms with E-state index in [9.17, 15) is 9.59 Å². The average molecular weight is 274 g/mol. The van der Waals surface area contributed by atoms with Gasteiger partial charge in [0, 0.05) is 30.9 Å². The standard InChI is InChI=1S/C13H14N4O3/c18-12(11-6-14-8-20-11)17-5-1-2-9(7-17)10-3-4-15-13(19)16-10/h3-4,6,8-9H,1-2,5,7H2,(H,15,16,19)/t9-/m1/s1. The van der Waals surface area contributed by atoms with Gasteiger partial charge < -0.3 is 14.3 Å². The SMILES string of the molecule is O=C(c1cnco1)N1CCC[C@@H](c2ccnc(=O)[nH]2)C1. The molecule has 7 heteroatoms. The fourth-order valence-electron chi connectivity index (χ4n) is 2.51. The molecule has 1 aliphatic heterocycles. The third-order valence-corrected chi connectivity index (χ3v) is 3.49. The number of H-pyrrole nitrogens is 1. The Bertz CT molecular complexity index is 650. The maximum Gasteiger partial charge on any atom is 0.345 e. The number of hydrogen-bond acceptors (Lipinski definition) is 5. The molecule has 3 rings (SSSR count). The molecule has 0 aliphatic carbocycles. The molecule has 104 valence electrons. The van der Waals surface area contributed by atoms with Gasteiger partial charge >= 0.3 is 5.69 Å². The Hall–Kier alpha value is -2.44. The summed E-state index contributed by atoms with van der Waals surface area (Å²) < 4.78 is 5.04. The van der Waals surface area contributed by atoms with Gasteiger partial charge in [0.25, 0.3) is 5.91 Å². The molecule has 0 bridgehead atoms. The van der Waals surface area contributed by atoms with Crippen molar-refractivity contribution in [2.45, 2.75) is 18.8 Å². The first kappa shape index (κ1) is 12.6. The first-order valence-electron chi connectivity index (χ1n) is 6.47. The number of rotatable bonds is 2. The summed E-state index contributed by atoms with van der Waals surface area (Å²) in [6.07, 6.45) is 5.97. The fraction of sp³-hybridized carbons (Fsp3) is 0.385. The normalized spacial score (nSPS) is 19.0. The Morgan fingerprint density at radius 3 is 3.15 bits per heavy atom. The minimum absolute atomic E-state index is 0.117. The number of aromatic nitrogens is 3. The van der Waals surface area contributed by atoms with Crippen LogP contribution in [-0.2, 0) is 0 Å². The second kappa shape index (κ2) is 5.28. The summed E-state index contributed by atoms with van der Waals surface area (Å²) in [5, 5.41) is 0. The van der Waals surface area contributed by atoms with Gasteiger partial charge in [-0.15, -0.1) is 0 Å². The predicted octanol–water partition coefficient (Wildman–Crippen LogP) is 0.778. The van der Waals surface area contributed by atoms with Gasteiger partial charge in [-0.1, -0.05) is 0 Å². The zero-order valence-corrected chi connectivity index (χ0v) is 10.8. The van der Waals surface area contributed by atoms with Gasteiger partial charge in [-0.05, 0) is 18.9 Å². The summed E-state index contributed by atoms with van der Waals surface area (Å²) in [4.78, 5) is 35.3. The molecule has 3 heterocycles. The second-order valence-corrected chi connectivity index (χ2v) is 4.79. The van der Waals surface area contributed by atoms with Gasteiger partial charge in [0.05, 0.1) is 6.20 Å². The number of nitrogens with one attached hydrogen (secondary N) is 1. The highest BCUT2D eigenvalue weighted by molar-refractivity contribution is 5.91. The maximum absolute atomic E-state index is 12.2. The van der Waals surface area contributed by atoms with Gasteiger partial charge in [0.1, 0.15) is 0 Å². The predicted molar refractivity (Wildman–Crippen MR) is 69.2 cm³/mol. The van der Waals surface area contributed by atoms with Crippen LogP contribution >= 0.6 is 0 Å². The van der Waals surface area contributed by atoms with Crippen molar-refractivity contribution in [3.63, 3.8) is 0 Å². The smallest absolute Gasteiger partial charge is 0.345 e. The Morgan fingerprint density at radius 2 is 2.40 bits per heavy atom. The van der Waals surface area contributed by atoms with Crippen LogP contribution < -0.4 is 5.69 Å². The van der Waals surface area contributed by atoms with E-state index in [2.05, 4.69) is 15.0 Å². The van der Waals surface area contributed by atoms with E-state index in [0.717, 1.165) is 18.5 Å². The van der Waals surface area contributed by atoms with Crippen molar-refractivity contribution >= 4 is 5.91 Å². The molecule has 0 unspecified atom stereocenters. The Labute approximate surface area is 114 Å². The van der Waals surface area contributed by atoms with Gasteiger partial charge in [-0.2, -0.15) is 0 Å². The Balaban J connectivity index is 1.77. The molecule has 0 radical (unpaired) electrons. The third-order valence-electron chi connectivity index (χ3n) is 3.49. The zero-order valence-electron chi connectivity index (χ0n) is 10.8. The van der Waals surface area contributed by atoms with Crippen molar-refractivity contribution in [1.29, 1.82) is 0 Å². The highest BCUT2D eigenvalue weighted by Crippen LogP contribution is 2.25. The van der Waals surface area contributed by atoms with Gasteiger partial charge in [-0.3, -0.25) is 4.79 Å². The molecule has 1 fully saturated rings. The molecule has 2 aromatic rings. The van der Waals surface area contributed by atoms with E-state index in [-0.39, 0.29) is 23.3 Å². The van der Waals surface area contributed by atoms with E-state index in [4.69, 9.17) is 4.42 Å². The molecule has 1 amide bonds. The zero-order chi connectivity index (χ0) is 13.9. The van der Waals surface area contributed by atoms with Gasteiger partial charge in [0.2, 0.25) is 5.76 Å². The third kappa shape index (κ3) is 2.47. The molecule has 2 aromatic heterocycles. The molecule has 0 aromatic carbocycles. The molecule has 0 spiro atoms. The van der Waals surface area contributed by atoms with Crippen molar-refractivity contribution in [3.8, 4) is 0 Å². The number of carbonyl (C=O) groups is 1. The summed E-state index contributed by atoms with van der Waals surface area (Å²) in [5.41, 5.74) is 0.459. The molecule has 1 saturated heterocycles. The molecule has 7 nitrogen and oxygen atoms in total. The quantitative estimate of drug-likeness (QED) is 0.873. The largest absolute Gasteiger partial charge is 0.438 e. The second-order valence-electron chi connectivity index (χ2n) is 4.79. The van der Waals surface area contributed by atoms with E-state index in [1.165, 1.54) is 18.8 Å². The van der Waals surface area contributed by atoms with Crippen molar-refractivity contribution in [3.05, 3.63) is 46.8 Å². The lowest BCUT2D eigenvalue weighted by Crippen LogP contribution is -2.39. The van der Waals surface area contributed by atoms with Crippen LogP contribution in [0.2, 0.25) is 0 Å². The maximum atomic E-state index is 12.2. The Morgan fingerprint density at radius 1 is 1.50 bits per heavy atom. The number of amides is 1. The van der Waals surface area contributed by atoms with Crippen molar-refractivity contribution < 1.29 is 9.21 Å². The van der Waals surface area contributed by atoms with Crippen LogP contribution in [-0.4, -0.2) is 38.8 Å². The van der Waals surface area contributed by atoms with Crippen molar-refractivity contribution in [2.75, 3.05) is 13.1 Å². The van der Waals surface area contributed by atoms with Crippen LogP contribution in [0.1, 0.15) is 35.0 Å². The van der Waals surface area contributed by atoms with E-state index >= 15 is 0 Å². The van der Waals surface area contributed by atoms with Crippen LogP contribution in [0, 0.1) is 0 Å². The summed E-state index contributed by atoms with van der Waals surface area (Å²) in [5.74, 6) is 0.198. The monoisotopic (exact) mass is 274 g/mol. The lowest BCUT2D eigenvalue weighted by molar-refractivity contribution is 0.0673. The van der Waals surface area contributed by atoms with Crippen LogP contribution in [0.15, 0.2) is 34.1 Å². The van der Waals surface area contributed by atoms with Crippen LogP contribution in [0.5, 0.6) is 0 Å². The highest BCUT2D eigenvalue weighted by atomic mass is 16.3. The molecule has 1 aliphatic rings. The number of piperidine rings is 1. The molecule has 0 saturated carbocycles. The van der Waals surface area contributed by atoms with E-state index in [1.807, 2.05) is 0 Å². The number of nitrogens with zero attached hydrogens (tertiary/aromatic N) is 3. The van der Waals surface area contributed by atoms with Crippen molar-refractivity contribution in [1.82, 2.24) is 19.9 Å². The first-order chi connectivity index (χ1) is 9.74. The number of oxazole rings is 1. The van der Waals surface area contributed by atoms with E-state index in [0.29, 0.717) is 13.1 Å². The van der Waals surface area contributed by atoms with Gasteiger partial charge in [-0.25, -0.2) is 14.8 Å². The summed E-state index contributed by atoms with van der Waals surface area (Å²) >= 11 is 0. The summed E-state index contributed by atoms with van der Waals surface area (Å²) in [6.45, 7) is 1.24. The minimum atomic E-state index is -0.360. The number of aromatic amines is 1.